The van der Waals surface area contributed by atoms with Gasteiger partial charge < -0.3 is 15.4 Å². The van der Waals surface area contributed by atoms with Gasteiger partial charge in [0, 0.05) is 20.1 Å². The Morgan fingerprint density at radius 1 is 1.39 bits per heavy atom. The molecule has 0 amide bonds. The van der Waals surface area contributed by atoms with Crippen molar-refractivity contribution in [3.63, 3.8) is 0 Å². The molecular weight excluding hydrogens is 230 g/mol. The summed E-state index contributed by atoms with van der Waals surface area (Å²) in [6, 6.07) is 4.10. The summed E-state index contributed by atoms with van der Waals surface area (Å²) in [6.45, 7) is 4.65. The summed E-state index contributed by atoms with van der Waals surface area (Å²) in [7, 11) is 2.02. The average Bonchev–Trinajstić information content (AvgIpc) is 2.81. The van der Waals surface area contributed by atoms with Gasteiger partial charge in [0.2, 0.25) is 0 Å². The second kappa shape index (κ2) is 5.79. The van der Waals surface area contributed by atoms with Crippen LogP contribution in [0.3, 0.4) is 0 Å². The Bertz CT molecular complexity index is 510. The zero-order valence-electron chi connectivity index (χ0n) is 10.8. The van der Waals surface area contributed by atoms with Gasteiger partial charge in [-0.1, -0.05) is 0 Å². The minimum atomic E-state index is 0.557. The lowest BCUT2D eigenvalue weighted by atomic mass is 10.3. The van der Waals surface area contributed by atoms with Gasteiger partial charge in [0.15, 0.2) is 5.65 Å². The van der Waals surface area contributed by atoms with E-state index >= 15 is 0 Å². The van der Waals surface area contributed by atoms with E-state index in [1.807, 2.05) is 17.6 Å². The Morgan fingerprint density at radius 3 is 3.00 bits per heavy atom. The number of hydrogen-bond acceptors (Lipinski definition) is 5. The minimum Gasteiger partial charge on any atom is -0.378 e. The van der Waals surface area contributed by atoms with Gasteiger partial charge in [-0.05, 0) is 24.6 Å². The first-order chi connectivity index (χ1) is 8.72. The molecule has 98 valence electrons. The summed E-state index contributed by atoms with van der Waals surface area (Å²) < 4.78 is 7.22. The summed E-state index contributed by atoms with van der Waals surface area (Å²) in [5.41, 5.74) is 7.40. The van der Waals surface area contributed by atoms with Gasteiger partial charge in [-0.15, -0.1) is 0 Å². The highest BCUT2D eigenvalue weighted by atomic mass is 16.5. The number of aromatic nitrogens is 3. The van der Waals surface area contributed by atoms with E-state index in [2.05, 4.69) is 28.0 Å². The molecule has 0 aliphatic rings. The van der Waals surface area contributed by atoms with Gasteiger partial charge in [0.25, 0.3) is 0 Å². The zero-order valence-corrected chi connectivity index (χ0v) is 10.8. The quantitative estimate of drug-likeness (QED) is 0.753. The molecule has 2 aromatic rings. The van der Waals surface area contributed by atoms with Crippen LogP contribution in [0.25, 0.3) is 5.65 Å². The number of pyridine rings is 1. The fourth-order valence-corrected chi connectivity index (χ4v) is 1.81. The normalized spacial score (nSPS) is 11.1. The van der Waals surface area contributed by atoms with E-state index in [1.54, 1.807) is 6.33 Å². The molecule has 0 radical (unpaired) electrons. The molecule has 0 aromatic carbocycles. The molecule has 0 unspecified atom stereocenters. The van der Waals surface area contributed by atoms with Gasteiger partial charge in [-0.2, -0.15) is 9.61 Å². The number of hydrogen-bond donors (Lipinski definition) is 1. The van der Waals surface area contributed by atoms with Crippen molar-refractivity contribution in [2.45, 2.75) is 6.92 Å². The van der Waals surface area contributed by atoms with Crippen molar-refractivity contribution in [2.75, 3.05) is 38.3 Å². The molecule has 2 heterocycles. The first kappa shape index (κ1) is 12.8. The first-order valence-electron chi connectivity index (χ1n) is 6.01. The number of fused-ring (bicyclic) bond motifs is 1. The minimum absolute atomic E-state index is 0.557. The highest BCUT2D eigenvalue weighted by Gasteiger charge is 2.08. The Hall–Kier alpha value is -1.66. The van der Waals surface area contributed by atoms with Crippen LogP contribution in [0.4, 0.5) is 5.82 Å². The van der Waals surface area contributed by atoms with E-state index in [4.69, 9.17) is 10.5 Å². The Balaban J connectivity index is 2.11. The summed E-state index contributed by atoms with van der Waals surface area (Å²) in [5, 5.41) is 4.23. The van der Waals surface area contributed by atoms with Crippen molar-refractivity contribution >= 4 is 11.5 Å². The lowest BCUT2D eigenvalue weighted by Crippen LogP contribution is -2.25. The van der Waals surface area contributed by atoms with Crippen molar-refractivity contribution in [3.05, 3.63) is 24.0 Å². The topological polar surface area (TPSA) is 68.7 Å². The maximum absolute atomic E-state index is 5.39. The molecule has 2 N–H and O–H groups in total. The summed E-state index contributed by atoms with van der Waals surface area (Å²) in [6.07, 6.45) is 1.57. The largest absolute Gasteiger partial charge is 0.378 e. The van der Waals surface area contributed by atoms with Crippen molar-refractivity contribution in [1.29, 1.82) is 0 Å². The number of anilines is 1. The molecule has 0 fully saturated rings. The van der Waals surface area contributed by atoms with Crippen molar-refractivity contribution in [2.24, 2.45) is 5.73 Å². The van der Waals surface area contributed by atoms with Crippen LogP contribution >= 0.6 is 0 Å². The number of ether oxygens (including phenoxy) is 1. The third kappa shape index (κ3) is 2.77. The predicted octanol–water partition coefficient (Wildman–Crippen LogP) is 0.449. The SMILES string of the molecule is Cc1cc(N(C)CCOCCN)n2ncnc2c1. The maximum Gasteiger partial charge on any atom is 0.157 e. The number of nitrogens with zero attached hydrogens (tertiary/aromatic N) is 4. The van der Waals surface area contributed by atoms with Crippen molar-refractivity contribution < 1.29 is 4.74 Å². The smallest absolute Gasteiger partial charge is 0.157 e. The fraction of sp³-hybridized carbons (Fsp3) is 0.500. The van der Waals surface area contributed by atoms with Gasteiger partial charge in [0.1, 0.15) is 12.1 Å². The molecule has 6 nitrogen and oxygen atoms in total. The van der Waals surface area contributed by atoms with Crippen LogP contribution < -0.4 is 10.6 Å². The van der Waals surface area contributed by atoms with Crippen LogP contribution in [0.2, 0.25) is 0 Å². The molecule has 0 saturated carbocycles. The third-order valence-corrected chi connectivity index (χ3v) is 2.73. The maximum atomic E-state index is 5.39. The predicted molar refractivity (Wildman–Crippen MR) is 70.9 cm³/mol. The molecule has 0 aliphatic heterocycles. The van der Waals surface area contributed by atoms with Crippen LogP contribution in [0.5, 0.6) is 0 Å². The van der Waals surface area contributed by atoms with E-state index in [9.17, 15) is 0 Å². The van der Waals surface area contributed by atoms with Crippen LogP contribution in [0, 0.1) is 6.92 Å². The first-order valence-corrected chi connectivity index (χ1v) is 6.01. The Morgan fingerprint density at radius 2 is 2.22 bits per heavy atom. The highest BCUT2D eigenvalue weighted by molar-refractivity contribution is 5.52. The molecule has 0 spiro atoms. The molecular formula is C12H19N5O. The van der Waals surface area contributed by atoms with Gasteiger partial charge >= 0.3 is 0 Å². The Labute approximate surface area is 106 Å². The molecule has 2 aromatic heterocycles. The molecule has 0 saturated heterocycles. The lowest BCUT2D eigenvalue weighted by Gasteiger charge is -2.20. The average molecular weight is 249 g/mol. The van der Waals surface area contributed by atoms with E-state index < -0.39 is 0 Å². The number of aryl methyl sites for hydroxylation is 1. The Kier molecular flexibility index (Phi) is 4.11. The van der Waals surface area contributed by atoms with Gasteiger partial charge in [0.05, 0.1) is 13.2 Å². The van der Waals surface area contributed by atoms with Crippen LogP contribution in [0.1, 0.15) is 5.56 Å². The second-order valence-electron chi connectivity index (χ2n) is 4.24. The number of rotatable bonds is 6. The molecule has 2 rings (SSSR count). The van der Waals surface area contributed by atoms with Crippen LogP contribution in [-0.4, -0.2) is 47.9 Å². The van der Waals surface area contributed by atoms with Crippen molar-refractivity contribution in [3.8, 4) is 0 Å². The standard InChI is InChI=1S/C12H19N5O/c1-10-7-11-14-9-15-17(11)12(8-10)16(2)4-6-18-5-3-13/h7-9H,3-6,13H2,1-2H3. The third-order valence-electron chi connectivity index (χ3n) is 2.73. The number of likely N-dealkylation sites (N-methyl/N-ethyl adjacent to an activating group) is 1. The second-order valence-corrected chi connectivity index (χ2v) is 4.24. The molecule has 18 heavy (non-hydrogen) atoms. The summed E-state index contributed by atoms with van der Waals surface area (Å²) in [4.78, 5) is 6.31. The van der Waals surface area contributed by atoms with E-state index in [1.165, 1.54) is 5.56 Å². The zero-order chi connectivity index (χ0) is 13.0. The van der Waals surface area contributed by atoms with Crippen LogP contribution in [0.15, 0.2) is 18.5 Å². The molecule has 0 atom stereocenters. The van der Waals surface area contributed by atoms with E-state index in [-0.39, 0.29) is 0 Å². The molecule has 0 aliphatic carbocycles. The van der Waals surface area contributed by atoms with Gasteiger partial charge in [-0.25, -0.2) is 4.98 Å². The van der Waals surface area contributed by atoms with E-state index in [0.29, 0.717) is 19.8 Å². The molecule has 6 heteroatoms. The molecule has 0 bridgehead atoms. The highest BCUT2D eigenvalue weighted by Crippen LogP contribution is 2.16. The summed E-state index contributed by atoms with van der Waals surface area (Å²) in [5.74, 6) is 1.01. The van der Waals surface area contributed by atoms with Crippen LogP contribution in [-0.2, 0) is 4.74 Å². The van der Waals surface area contributed by atoms with Gasteiger partial charge in [-0.3, -0.25) is 0 Å². The fourth-order valence-electron chi connectivity index (χ4n) is 1.81. The van der Waals surface area contributed by atoms with E-state index in [0.717, 1.165) is 18.0 Å². The number of nitrogens with two attached hydrogens (primary N) is 1. The van der Waals surface area contributed by atoms with Crippen molar-refractivity contribution in [1.82, 2.24) is 14.6 Å². The monoisotopic (exact) mass is 249 g/mol. The lowest BCUT2D eigenvalue weighted by molar-refractivity contribution is 0.148. The summed E-state index contributed by atoms with van der Waals surface area (Å²) >= 11 is 0.